The standard InChI is InChI=1S/C8H16S2/c1-7(2)5-8-6-9-3-4-10-8/h7-8H,3-6H2,1-2H3. The molecule has 0 aromatic rings. The molecule has 60 valence electrons. The summed E-state index contributed by atoms with van der Waals surface area (Å²) in [7, 11) is 0. The van der Waals surface area contributed by atoms with Crippen molar-refractivity contribution in [2.24, 2.45) is 5.92 Å². The van der Waals surface area contributed by atoms with Crippen molar-refractivity contribution in [1.82, 2.24) is 0 Å². The van der Waals surface area contributed by atoms with Gasteiger partial charge in [-0.25, -0.2) is 0 Å². The molecule has 2 heteroatoms. The van der Waals surface area contributed by atoms with Crippen LogP contribution in [0.4, 0.5) is 0 Å². The van der Waals surface area contributed by atoms with Crippen molar-refractivity contribution in [2.45, 2.75) is 25.5 Å². The quantitative estimate of drug-likeness (QED) is 0.634. The zero-order chi connectivity index (χ0) is 7.40. The van der Waals surface area contributed by atoms with Crippen molar-refractivity contribution < 1.29 is 0 Å². The Morgan fingerprint density at radius 1 is 1.40 bits per heavy atom. The second-order valence-corrected chi connectivity index (χ2v) is 5.76. The fourth-order valence-corrected chi connectivity index (χ4v) is 4.15. The number of thioether (sulfide) groups is 2. The molecule has 0 aliphatic carbocycles. The van der Waals surface area contributed by atoms with Crippen LogP contribution < -0.4 is 0 Å². The van der Waals surface area contributed by atoms with Gasteiger partial charge in [0.2, 0.25) is 0 Å². The van der Waals surface area contributed by atoms with Gasteiger partial charge in [0.25, 0.3) is 0 Å². The van der Waals surface area contributed by atoms with E-state index in [4.69, 9.17) is 0 Å². The Bertz CT molecular complexity index is 85.3. The van der Waals surface area contributed by atoms with Gasteiger partial charge in [0, 0.05) is 22.5 Å². The van der Waals surface area contributed by atoms with Gasteiger partial charge in [0.1, 0.15) is 0 Å². The van der Waals surface area contributed by atoms with Gasteiger partial charge in [-0.3, -0.25) is 0 Å². The maximum absolute atomic E-state index is 2.32. The SMILES string of the molecule is CC(C)CC1CSCCS1. The van der Waals surface area contributed by atoms with Crippen LogP contribution in [-0.2, 0) is 0 Å². The molecule has 0 radical (unpaired) electrons. The lowest BCUT2D eigenvalue weighted by atomic mass is 10.1. The summed E-state index contributed by atoms with van der Waals surface area (Å²) >= 11 is 4.29. The minimum Gasteiger partial charge on any atom is -0.160 e. The summed E-state index contributed by atoms with van der Waals surface area (Å²) in [6, 6.07) is 0. The van der Waals surface area contributed by atoms with E-state index in [1.54, 1.807) is 0 Å². The van der Waals surface area contributed by atoms with Crippen LogP contribution in [0, 0.1) is 5.92 Å². The molecule has 1 unspecified atom stereocenters. The van der Waals surface area contributed by atoms with Crippen molar-refractivity contribution in [1.29, 1.82) is 0 Å². The van der Waals surface area contributed by atoms with E-state index in [-0.39, 0.29) is 0 Å². The zero-order valence-electron chi connectivity index (χ0n) is 6.80. The van der Waals surface area contributed by atoms with E-state index in [2.05, 4.69) is 37.4 Å². The summed E-state index contributed by atoms with van der Waals surface area (Å²) in [5.41, 5.74) is 0. The van der Waals surface area contributed by atoms with E-state index in [0.29, 0.717) is 0 Å². The average molecular weight is 176 g/mol. The first-order valence-electron chi connectivity index (χ1n) is 3.98. The van der Waals surface area contributed by atoms with E-state index in [0.717, 1.165) is 11.2 Å². The van der Waals surface area contributed by atoms with Crippen LogP contribution in [0.1, 0.15) is 20.3 Å². The highest BCUT2D eigenvalue weighted by atomic mass is 32.2. The largest absolute Gasteiger partial charge is 0.160 e. The van der Waals surface area contributed by atoms with E-state index in [1.807, 2.05) is 0 Å². The Balaban J connectivity index is 2.13. The topological polar surface area (TPSA) is 0 Å². The predicted octanol–water partition coefficient (Wildman–Crippen LogP) is 2.88. The summed E-state index contributed by atoms with van der Waals surface area (Å²) in [5, 5.41) is 0.957. The van der Waals surface area contributed by atoms with Crippen molar-refractivity contribution in [3.05, 3.63) is 0 Å². The first-order valence-corrected chi connectivity index (χ1v) is 6.18. The van der Waals surface area contributed by atoms with Crippen molar-refractivity contribution in [2.75, 3.05) is 17.3 Å². The predicted molar refractivity (Wildman–Crippen MR) is 53.0 cm³/mol. The summed E-state index contributed by atoms with van der Waals surface area (Å²) < 4.78 is 0. The van der Waals surface area contributed by atoms with Crippen molar-refractivity contribution >= 4 is 23.5 Å². The van der Waals surface area contributed by atoms with Gasteiger partial charge in [-0.15, -0.1) is 0 Å². The third kappa shape index (κ3) is 3.20. The fourth-order valence-electron chi connectivity index (χ4n) is 1.20. The molecule has 0 bridgehead atoms. The van der Waals surface area contributed by atoms with Crippen LogP contribution in [0.5, 0.6) is 0 Å². The van der Waals surface area contributed by atoms with Crippen LogP contribution >= 0.6 is 23.5 Å². The first kappa shape index (κ1) is 8.79. The summed E-state index contributed by atoms with van der Waals surface area (Å²) in [5.74, 6) is 5.03. The molecule has 1 rings (SSSR count). The second kappa shape index (κ2) is 4.55. The molecule has 1 aliphatic heterocycles. The Kier molecular flexibility index (Phi) is 4.00. The maximum Gasteiger partial charge on any atom is 0.0140 e. The van der Waals surface area contributed by atoms with Crippen LogP contribution in [0.2, 0.25) is 0 Å². The highest BCUT2D eigenvalue weighted by Gasteiger charge is 2.14. The number of hydrogen-bond acceptors (Lipinski definition) is 2. The zero-order valence-corrected chi connectivity index (χ0v) is 8.43. The smallest absolute Gasteiger partial charge is 0.0140 e. The number of hydrogen-bond donors (Lipinski definition) is 0. The molecule has 0 N–H and O–H groups in total. The van der Waals surface area contributed by atoms with E-state index >= 15 is 0 Å². The van der Waals surface area contributed by atoms with Gasteiger partial charge in [-0.1, -0.05) is 13.8 Å². The van der Waals surface area contributed by atoms with Gasteiger partial charge < -0.3 is 0 Å². The molecule has 1 heterocycles. The lowest BCUT2D eigenvalue weighted by molar-refractivity contribution is 0.587. The van der Waals surface area contributed by atoms with E-state index < -0.39 is 0 Å². The third-order valence-corrected chi connectivity index (χ3v) is 4.49. The highest BCUT2D eigenvalue weighted by Crippen LogP contribution is 2.28. The van der Waals surface area contributed by atoms with Crippen LogP contribution in [0.15, 0.2) is 0 Å². The van der Waals surface area contributed by atoms with E-state index in [1.165, 1.54) is 23.7 Å². The minimum absolute atomic E-state index is 0.885. The van der Waals surface area contributed by atoms with Crippen LogP contribution in [-0.4, -0.2) is 22.5 Å². The average Bonchev–Trinajstić information content (AvgIpc) is 1.88. The van der Waals surface area contributed by atoms with Gasteiger partial charge in [0.05, 0.1) is 0 Å². The second-order valence-electron chi connectivity index (χ2n) is 3.20. The van der Waals surface area contributed by atoms with E-state index in [9.17, 15) is 0 Å². The monoisotopic (exact) mass is 176 g/mol. The minimum atomic E-state index is 0.885. The molecule has 0 amide bonds. The molecule has 10 heavy (non-hydrogen) atoms. The Labute approximate surface area is 72.5 Å². The molecule has 0 aromatic carbocycles. The fraction of sp³-hybridized carbons (Fsp3) is 1.00. The van der Waals surface area contributed by atoms with Crippen molar-refractivity contribution in [3.63, 3.8) is 0 Å². The normalized spacial score (nSPS) is 27.3. The van der Waals surface area contributed by atoms with Crippen LogP contribution in [0.25, 0.3) is 0 Å². The molecule has 1 atom stereocenters. The molecule has 0 nitrogen and oxygen atoms in total. The molecule has 0 saturated carbocycles. The van der Waals surface area contributed by atoms with Gasteiger partial charge in [0.15, 0.2) is 0 Å². The van der Waals surface area contributed by atoms with Gasteiger partial charge in [-0.2, -0.15) is 23.5 Å². The maximum atomic E-state index is 2.32. The molecule has 1 fully saturated rings. The molecule has 0 aromatic heterocycles. The van der Waals surface area contributed by atoms with Crippen molar-refractivity contribution in [3.8, 4) is 0 Å². The first-order chi connectivity index (χ1) is 4.79. The van der Waals surface area contributed by atoms with Gasteiger partial charge >= 0.3 is 0 Å². The molecular formula is C8H16S2. The Morgan fingerprint density at radius 2 is 2.20 bits per heavy atom. The van der Waals surface area contributed by atoms with Crippen LogP contribution in [0.3, 0.4) is 0 Å². The molecule has 1 saturated heterocycles. The Hall–Kier alpha value is 0.700. The number of rotatable bonds is 2. The summed E-state index contributed by atoms with van der Waals surface area (Å²) in [4.78, 5) is 0. The van der Waals surface area contributed by atoms with Gasteiger partial charge in [-0.05, 0) is 12.3 Å². The molecule has 1 aliphatic rings. The summed E-state index contributed by atoms with van der Waals surface area (Å²) in [6.45, 7) is 4.64. The molecule has 0 spiro atoms. The highest BCUT2D eigenvalue weighted by molar-refractivity contribution is 8.06. The lowest BCUT2D eigenvalue weighted by Gasteiger charge is -2.22. The third-order valence-electron chi connectivity index (χ3n) is 1.62. The Morgan fingerprint density at radius 3 is 2.70 bits per heavy atom. The summed E-state index contributed by atoms with van der Waals surface area (Å²) in [6.07, 6.45) is 1.41. The molecular weight excluding hydrogens is 160 g/mol. The lowest BCUT2D eigenvalue weighted by Crippen LogP contribution is -2.15.